The van der Waals surface area contributed by atoms with Gasteiger partial charge in [0.1, 0.15) is 11.9 Å². The molecule has 2 rings (SSSR count). The van der Waals surface area contributed by atoms with Crippen molar-refractivity contribution in [3.8, 4) is 0 Å². The molecule has 1 aliphatic carbocycles. The first kappa shape index (κ1) is 9.27. The zero-order chi connectivity index (χ0) is 10.3. The fourth-order valence-electron chi connectivity index (χ4n) is 1.92. The number of fused-ring (bicyclic) bond motifs is 1. The Kier molecular flexibility index (Phi) is 2.07. The van der Waals surface area contributed by atoms with Gasteiger partial charge in [-0.2, -0.15) is 0 Å². The number of hydrogen-bond donors (Lipinski definition) is 2. The van der Waals surface area contributed by atoms with Crippen molar-refractivity contribution in [2.45, 2.75) is 25.6 Å². The predicted octanol–water partition coefficient (Wildman–Crippen LogP) is 0.681. The summed E-state index contributed by atoms with van der Waals surface area (Å²) in [6.07, 6.45) is 2.55. The summed E-state index contributed by atoms with van der Waals surface area (Å²) >= 11 is 0. The lowest BCUT2D eigenvalue weighted by molar-refractivity contribution is -0.159. The molecular formula is C10H12O4. The van der Waals surface area contributed by atoms with E-state index in [2.05, 4.69) is 0 Å². The molecule has 14 heavy (non-hydrogen) atoms. The van der Waals surface area contributed by atoms with Gasteiger partial charge in [0.25, 0.3) is 0 Å². The average molecular weight is 196 g/mol. The Morgan fingerprint density at radius 1 is 1.57 bits per heavy atom. The van der Waals surface area contributed by atoms with Crippen LogP contribution in [0, 0.1) is 5.92 Å². The van der Waals surface area contributed by atoms with Crippen LogP contribution in [0.5, 0.6) is 0 Å². The molecule has 2 aliphatic rings. The standard InChI is InChI=1S/C10H12O4/c1-5-9(12)6-3-2-4-7(11)8(6)10(13)14-5/h2,4-6,9,11-12H,3H2,1H3/t5-,6-,9+/m1/s1. The second-order valence-electron chi connectivity index (χ2n) is 3.64. The molecule has 0 aromatic rings. The maximum absolute atomic E-state index is 11.4. The minimum Gasteiger partial charge on any atom is -0.507 e. The molecule has 1 fully saturated rings. The Morgan fingerprint density at radius 2 is 2.29 bits per heavy atom. The van der Waals surface area contributed by atoms with E-state index in [0.717, 1.165) is 0 Å². The van der Waals surface area contributed by atoms with E-state index in [-0.39, 0.29) is 17.3 Å². The molecule has 0 spiro atoms. The highest BCUT2D eigenvalue weighted by Gasteiger charge is 2.41. The highest BCUT2D eigenvalue weighted by molar-refractivity contribution is 5.91. The highest BCUT2D eigenvalue weighted by Crippen LogP contribution is 2.34. The van der Waals surface area contributed by atoms with Gasteiger partial charge < -0.3 is 14.9 Å². The molecule has 76 valence electrons. The molecule has 0 amide bonds. The van der Waals surface area contributed by atoms with Crippen LogP contribution in [0.3, 0.4) is 0 Å². The summed E-state index contributed by atoms with van der Waals surface area (Å²) in [6, 6.07) is 0. The summed E-state index contributed by atoms with van der Waals surface area (Å²) in [5, 5.41) is 19.2. The van der Waals surface area contributed by atoms with Crippen LogP contribution in [0.25, 0.3) is 0 Å². The molecule has 0 saturated carbocycles. The molecule has 0 bridgehead atoms. The number of ether oxygens (including phenoxy) is 1. The monoisotopic (exact) mass is 196 g/mol. The summed E-state index contributed by atoms with van der Waals surface area (Å²) in [4.78, 5) is 11.4. The number of esters is 1. The lowest BCUT2D eigenvalue weighted by atomic mass is 9.82. The van der Waals surface area contributed by atoms with E-state index in [1.165, 1.54) is 6.08 Å². The first-order chi connectivity index (χ1) is 6.61. The van der Waals surface area contributed by atoms with Gasteiger partial charge in [0, 0.05) is 5.92 Å². The van der Waals surface area contributed by atoms with E-state index >= 15 is 0 Å². The molecule has 4 heteroatoms. The number of cyclic esters (lactones) is 1. The molecule has 1 heterocycles. The van der Waals surface area contributed by atoms with E-state index in [1.54, 1.807) is 13.0 Å². The zero-order valence-corrected chi connectivity index (χ0v) is 7.80. The van der Waals surface area contributed by atoms with Gasteiger partial charge >= 0.3 is 5.97 Å². The fraction of sp³-hybridized carbons (Fsp3) is 0.500. The van der Waals surface area contributed by atoms with Gasteiger partial charge in [-0.05, 0) is 19.4 Å². The molecule has 3 atom stereocenters. The van der Waals surface area contributed by atoms with Gasteiger partial charge in [-0.25, -0.2) is 4.79 Å². The molecule has 2 N–H and O–H groups in total. The van der Waals surface area contributed by atoms with Gasteiger partial charge in [-0.1, -0.05) is 6.08 Å². The number of hydrogen-bond acceptors (Lipinski definition) is 4. The van der Waals surface area contributed by atoms with Crippen molar-refractivity contribution in [3.05, 3.63) is 23.5 Å². The molecule has 4 nitrogen and oxygen atoms in total. The van der Waals surface area contributed by atoms with Gasteiger partial charge in [-0.3, -0.25) is 0 Å². The van der Waals surface area contributed by atoms with E-state index in [9.17, 15) is 15.0 Å². The summed E-state index contributed by atoms with van der Waals surface area (Å²) in [5.74, 6) is -0.928. The van der Waals surface area contributed by atoms with Crippen LogP contribution in [0.15, 0.2) is 23.5 Å². The van der Waals surface area contributed by atoms with Crippen molar-refractivity contribution < 1.29 is 19.7 Å². The maximum Gasteiger partial charge on any atom is 0.338 e. The topological polar surface area (TPSA) is 66.8 Å². The number of carbonyl (C=O) groups is 1. The second kappa shape index (κ2) is 3.13. The zero-order valence-electron chi connectivity index (χ0n) is 7.80. The van der Waals surface area contributed by atoms with Gasteiger partial charge in [-0.15, -0.1) is 0 Å². The number of aliphatic hydroxyl groups is 2. The van der Waals surface area contributed by atoms with Crippen molar-refractivity contribution >= 4 is 5.97 Å². The maximum atomic E-state index is 11.4. The summed E-state index contributed by atoms with van der Waals surface area (Å²) in [7, 11) is 0. The molecule has 0 aromatic carbocycles. The Morgan fingerprint density at radius 3 is 3.00 bits per heavy atom. The summed E-state index contributed by atoms with van der Waals surface area (Å²) < 4.78 is 4.90. The first-order valence-corrected chi connectivity index (χ1v) is 4.60. The lowest BCUT2D eigenvalue weighted by Crippen LogP contribution is -2.44. The van der Waals surface area contributed by atoms with Crippen LogP contribution < -0.4 is 0 Å². The Hall–Kier alpha value is -1.29. The Labute approximate surface area is 81.5 Å². The number of rotatable bonds is 0. The SMILES string of the molecule is C[C@H]1OC(=O)C2=C(O)C=CC[C@H]2[C@H]1O. The van der Waals surface area contributed by atoms with Crippen molar-refractivity contribution in [2.75, 3.05) is 0 Å². The van der Waals surface area contributed by atoms with Crippen molar-refractivity contribution in [1.29, 1.82) is 0 Å². The predicted molar refractivity (Wildman–Crippen MR) is 48.5 cm³/mol. The van der Waals surface area contributed by atoms with Crippen molar-refractivity contribution in [3.63, 3.8) is 0 Å². The van der Waals surface area contributed by atoms with Crippen LogP contribution >= 0.6 is 0 Å². The molecule has 0 radical (unpaired) electrons. The summed E-state index contributed by atoms with van der Waals surface area (Å²) in [5.41, 5.74) is 0.207. The third-order valence-electron chi connectivity index (χ3n) is 2.72. The molecular weight excluding hydrogens is 184 g/mol. The van der Waals surface area contributed by atoms with E-state index < -0.39 is 18.2 Å². The number of aliphatic hydroxyl groups excluding tert-OH is 2. The molecule has 0 unspecified atom stereocenters. The third-order valence-corrected chi connectivity index (χ3v) is 2.72. The Bertz CT molecular complexity index is 329. The van der Waals surface area contributed by atoms with Crippen LogP contribution in [0.4, 0.5) is 0 Å². The first-order valence-electron chi connectivity index (χ1n) is 4.60. The molecule has 1 saturated heterocycles. The quantitative estimate of drug-likeness (QED) is 0.559. The van der Waals surface area contributed by atoms with Crippen LogP contribution in [0.2, 0.25) is 0 Å². The minimum absolute atomic E-state index is 0.0859. The van der Waals surface area contributed by atoms with Gasteiger partial charge in [0.2, 0.25) is 0 Å². The average Bonchev–Trinajstić information content (AvgIpc) is 2.14. The lowest BCUT2D eigenvalue weighted by Gasteiger charge is -2.34. The van der Waals surface area contributed by atoms with E-state index in [1.807, 2.05) is 0 Å². The number of allylic oxidation sites excluding steroid dienone is 2. The van der Waals surface area contributed by atoms with Crippen LogP contribution in [-0.2, 0) is 9.53 Å². The van der Waals surface area contributed by atoms with Gasteiger partial charge in [0.05, 0.1) is 11.7 Å². The molecule has 1 aliphatic heterocycles. The third kappa shape index (κ3) is 1.23. The van der Waals surface area contributed by atoms with Crippen LogP contribution in [-0.4, -0.2) is 28.4 Å². The largest absolute Gasteiger partial charge is 0.507 e. The van der Waals surface area contributed by atoms with Crippen molar-refractivity contribution in [1.82, 2.24) is 0 Å². The van der Waals surface area contributed by atoms with Crippen LogP contribution in [0.1, 0.15) is 13.3 Å². The normalized spacial score (nSPS) is 36.7. The highest BCUT2D eigenvalue weighted by atomic mass is 16.6. The molecule has 0 aromatic heterocycles. The number of carbonyl (C=O) groups excluding carboxylic acids is 1. The Balaban J connectivity index is 2.40. The van der Waals surface area contributed by atoms with Gasteiger partial charge in [0.15, 0.2) is 0 Å². The smallest absolute Gasteiger partial charge is 0.338 e. The fourth-order valence-corrected chi connectivity index (χ4v) is 1.92. The second-order valence-corrected chi connectivity index (χ2v) is 3.64. The van der Waals surface area contributed by atoms with Crippen molar-refractivity contribution in [2.24, 2.45) is 5.92 Å². The minimum atomic E-state index is -0.727. The summed E-state index contributed by atoms with van der Waals surface area (Å²) in [6.45, 7) is 1.65. The van der Waals surface area contributed by atoms with E-state index in [0.29, 0.717) is 6.42 Å². The van der Waals surface area contributed by atoms with E-state index in [4.69, 9.17) is 4.74 Å².